The van der Waals surface area contributed by atoms with Gasteiger partial charge >= 0.3 is 0 Å². The Morgan fingerprint density at radius 3 is 2.32 bits per heavy atom. The van der Waals surface area contributed by atoms with Crippen molar-refractivity contribution in [1.82, 2.24) is 0 Å². The van der Waals surface area contributed by atoms with E-state index >= 15 is 0 Å². The van der Waals surface area contributed by atoms with Gasteiger partial charge in [0.05, 0.1) is 18.4 Å². The molecular weight excluding hydrogens is 278 g/mol. The smallest absolute Gasteiger partial charge is 0.259 e. The highest BCUT2D eigenvalue weighted by atomic mass is 16.5. The molecule has 0 unspecified atom stereocenters. The van der Waals surface area contributed by atoms with E-state index < -0.39 is 0 Å². The van der Waals surface area contributed by atoms with Gasteiger partial charge in [-0.2, -0.15) is 0 Å². The summed E-state index contributed by atoms with van der Waals surface area (Å²) >= 11 is 0. The molecule has 110 valence electrons. The number of carbonyl (C=O) groups is 1. The molecule has 4 nitrogen and oxygen atoms in total. The van der Waals surface area contributed by atoms with E-state index in [1.54, 1.807) is 24.3 Å². The second-order valence-corrected chi connectivity index (χ2v) is 4.87. The minimum Gasteiger partial charge on any atom is -0.506 e. The number of amides is 1. The highest BCUT2D eigenvalue weighted by molar-refractivity contribution is 6.09. The number of phenols is 1. The molecule has 0 aliphatic carbocycles. The number of fused-ring (bicyclic) bond motifs is 1. The second-order valence-electron chi connectivity index (χ2n) is 4.87. The van der Waals surface area contributed by atoms with Crippen LogP contribution in [0.4, 0.5) is 5.69 Å². The molecule has 0 saturated heterocycles. The molecule has 0 atom stereocenters. The fraction of sp³-hybridized carbons (Fsp3) is 0.0556. The number of nitrogens with one attached hydrogen (secondary N) is 1. The molecule has 0 spiro atoms. The highest BCUT2D eigenvalue weighted by Crippen LogP contribution is 2.28. The summed E-state index contributed by atoms with van der Waals surface area (Å²) in [5, 5.41) is 14.4. The van der Waals surface area contributed by atoms with Gasteiger partial charge in [-0.15, -0.1) is 0 Å². The number of hydrogen-bond acceptors (Lipinski definition) is 3. The van der Waals surface area contributed by atoms with E-state index in [0.717, 1.165) is 10.8 Å². The monoisotopic (exact) mass is 293 g/mol. The molecule has 22 heavy (non-hydrogen) atoms. The molecule has 0 saturated carbocycles. The summed E-state index contributed by atoms with van der Waals surface area (Å²) in [5.41, 5.74) is 0.784. The first-order valence-electron chi connectivity index (χ1n) is 6.85. The zero-order valence-electron chi connectivity index (χ0n) is 12.0. The van der Waals surface area contributed by atoms with Crippen LogP contribution < -0.4 is 10.1 Å². The van der Waals surface area contributed by atoms with Gasteiger partial charge in [0.15, 0.2) is 0 Å². The molecule has 4 heteroatoms. The maximum absolute atomic E-state index is 12.5. The number of methoxy groups -OCH3 is 1. The number of ether oxygens (including phenoxy) is 1. The van der Waals surface area contributed by atoms with Crippen LogP contribution >= 0.6 is 0 Å². The maximum Gasteiger partial charge on any atom is 0.259 e. The lowest BCUT2D eigenvalue weighted by atomic mass is 10.1. The van der Waals surface area contributed by atoms with E-state index in [-0.39, 0.29) is 11.7 Å². The van der Waals surface area contributed by atoms with Crippen molar-refractivity contribution in [3.63, 3.8) is 0 Å². The lowest BCUT2D eigenvalue weighted by molar-refractivity contribution is 0.102. The Morgan fingerprint density at radius 1 is 1.00 bits per heavy atom. The molecule has 0 aliphatic rings. The fourth-order valence-electron chi connectivity index (χ4n) is 2.33. The Labute approximate surface area is 128 Å². The van der Waals surface area contributed by atoms with Crippen LogP contribution in [-0.2, 0) is 0 Å². The quantitative estimate of drug-likeness (QED) is 0.722. The number of phenolic OH excluding ortho intramolecular Hbond substituents is 1. The maximum atomic E-state index is 12.5. The minimum atomic E-state index is -0.330. The van der Waals surface area contributed by atoms with Crippen LogP contribution in [0.5, 0.6) is 11.5 Å². The predicted octanol–water partition coefficient (Wildman–Crippen LogP) is 3.81. The summed E-state index contributed by atoms with van der Waals surface area (Å²) in [6, 6.07) is 18.0. The van der Waals surface area contributed by atoms with Crippen molar-refractivity contribution in [3.8, 4) is 11.5 Å². The number of rotatable bonds is 3. The van der Waals surface area contributed by atoms with Crippen molar-refractivity contribution in [1.29, 1.82) is 0 Å². The summed E-state index contributed by atoms with van der Waals surface area (Å²) in [5.74, 6) is 0.186. The summed E-state index contributed by atoms with van der Waals surface area (Å²) in [6.07, 6.45) is 0. The van der Waals surface area contributed by atoms with Crippen LogP contribution in [0.2, 0.25) is 0 Å². The van der Waals surface area contributed by atoms with E-state index in [4.69, 9.17) is 4.74 Å². The molecule has 1 amide bonds. The molecule has 2 N–H and O–H groups in total. The zero-order valence-corrected chi connectivity index (χ0v) is 12.0. The van der Waals surface area contributed by atoms with Crippen LogP contribution in [0.15, 0.2) is 60.7 Å². The highest BCUT2D eigenvalue weighted by Gasteiger charge is 2.15. The van der Waals surface area contributed by atoms with Gasteiger partial charge in [0, 0.05) is 0 Å². The summed E-state index contributed by atoms with van der Waals surface area (Å²) in [7, 11) is 1.53. The van der Waals surface area contributed by atoms with Gasteiger partial charge in [-0.1, -0.05) is 36.4 Å². The molecule has 0 radical (unpaired) electrons. The van der Waals surface area contributed by atoms with E-state index in [1.807, 2.05) is 30.3 Å². The normalized spacial score (nSPS) is 10.4. The average molecular weight is 293 g/mol. The van der Waals surface area contributed by atoms with Crippen molar-refractivity contribution >= 4 is 22.4 Å². The third-order valence-corrected chi connectivity index (χ3v) is 3.46. The van der Waals surface area contributed by atoms with Crippen molar-refractivity contribution in [2.75, 3.05) is 12.4 Å². The van der Waals surface area contributed by atoms with Gasteiger partial charge < -0.3 is 15.2 Å². The molecule has 0 heterocycles. The van der Waals surface area contributed by atoms with Crippen LogP contribution in [-0.4, -0.2) is 18.1 Å². The van der Waals surface area contributed by atoms with Crippen molar-refractivity contribution in [2.45, 2.75) is 0 Å². The third kappa shape index (κ3) is 2.59. The van der Waals surface area contributed by atoms with Gasteiger partial charge in [0.2, 0.25) is 0 Å². The standard InChI is InChI=1S/C18H15NO3/c1-22-17-11-13-7-3-2-6-12(13)10-14(17)18(21)19-15-8-4-5-9-16(15)20/h2-11,20H,1H3,(H,19,21). The minimum absolute atomic E-state index is 0.0237. The largest absolute Gasteiger partial charge is 0.506 e. The molecule has 0 aromatic heterocycles. The van der Waals surface area contributed by atoms with Crippen LogP contribution in [0, 0.1) is 0 Å². The first-order valence-corrected chi connectivity index (χ1v) is 6.85. The van der Waals surface area contributed by atoms with Crippen LogP contribution in [0.1, 0.15) is 10.4 Å². The van der Waals surface area contributed by atoms with Crippen LogP contribution in [0.3, 0.4) is 0 Å². The Bertz CT molecular complexity index is 843. The van der Waals surface area contributed by atoms with Crippen molar-refractivity contribution in [3.05, 3.63) is 66.2 Å². The van der Waals surface area contributed by atoms with E-state index in [2.05, 4.69) is 5.32 Å². The third-order valence-electron chi connectivity index (χ3n) is 3.46. The predicted molar refractivity (Wildman–Crippen MR) is 86.6 cm³/mol. The van der Waals surface area contributed by atoms with Gasteiger partial charge in [-0.05, 0) is 35.0 Å². The number of para-hydroxylation sites is 2. The van der Waals surface area contributed by atoms with E-state index in [0.29, 0.717) is 17.0 Å². The average Bonchev–Trinajstić information content (AvgIpc) is 2.55. The van der Waals surface area contributed by atoms with E-state index in [1.165, 1.54) is 13.2 Å². The van der Waals surface area contributed by atoms with Crippen LogP contribution in [0.25, 0.3) is 10.8 Å². The Morgan fingerprint density at radius 2 is 1.64 bits per heavy atom. The molecule has 3 rings (SSSR count). The molecule has 3 aromatic rings. The van der Waals surface area contributed by atoms with Crippen molar-refractivity contribution in [2.24, 2.45) is 0 Å². The number of benzene rings is 3. The first kappa shape index (κ1) is 13.9. The molecular formula is C18H15NO3. The molecule has 3 aromatic carbocycles. The fourth-order valence-corrected chi connectivity index (χ4v) is 2.33. The summed E-state index contributed by atoms with van der Waals surface area (Å²) < 4.78 is 5.32. The summed E-state index contributed by atoms with van der Waals surface area (Å²) in [4.78, 5) is 12.5. The lowest BCUT2D eigenvalue weighted by Crippen LogP contribution is -2.13. The summed E-state index contributed by atoms with van der Waals surface area (Å²) in [6.45, 7) is 0. The van der Waals surface area contributed by atoms with Gasteiger partial charge in [0.25, 0.3) is 5.91 Å². The number of aromatic hydroxyl groups is 1. The number of anilines is 1. The zero-order chi connectivity index (χ0) is 15.5. The first-order chi connectivity index (χ1) is 10.7. The van der Waals surface area contributed by atoms with Gasteiger partial charge in [-0.25, -0.2) is 0 Å². The van der Waals surface area contributed by atoms with Gasteiger partial charge in [0.1, 0.15) is 11.5 Å². The SMILES string of the molecule is COc1cc2ccccc2cc1C(=O)Nc1ccccc1O. The van der Waals surface area contributed by atoms with E-state index in [9.17, 15) is 9.90 Å². The Kier molecular flexibility index (Phi) is 3.66. The molecule has 0 fully saturated rings. The lowest BCUT2D eigenvalue weighted by Gasteiger charge is -2.11. The molecule has 0 aliphatic heterocycles. The topological polar surface area (TPSA) is 58.6 Å². The second kappa shape index (κ2) is 5.77. The molecule has 0 bridgehead atoms. The van der Waals surface area contributed by atoms with Crippen molar-refractivity contribution < 1.29 is 14.6 Å². The van der Waals surface area contributed by atoms with Gasteiger partial charge in [-0.3, -0.25) is 4.79 Å². The number of carbonyl (C=O) groups excluding carboxylic acids is 1. The number of hydrogen-bond donors (Lipinski definition) is 2. The Balaban J connectivity index is 2.01. The Hall–Kier alpha value is -3.01.